The number of nitrogens with zero attached hydrogens (tertiary/aromatic N) is 1. The zero-order chi connectivity index (χ0) is 9.52. The molecule has 0 saturated carbocycles. The van der Waals surface area contributed by atoms with Gasteiger partial charge in [0.05, 0.1) is 0 Å². The van der Waals surface area contributed by atoms with Crippen molar-refractivity contribution in [3.8, 4) is 0 Å². The summed E-state index contributed by atoms with van der Waals surface area (Å²) in [6, 6.07) is 8.11. The van der Waals surface area contributed by atoms with Crippen LogP contribution in [0.25, 0.3) is 0 Å². The van der Waals surface area contributed by atoms with Crippen molar-refractivity contribution in [2.75, 3.05) is 0 Å². The molecule has 13 heavy (non-hydrogen) atoms. The fraction of sp³-hybridized carbons (Fsp3) is 0.364. The summed E-state index contributed by atoms with van der Waals surface area (Å²) >= 11 is 0. The van der Waals surface area contributed by atoms with Crippen LogP contribution in [0.5, 0.6) is 0 Å². The highest BCUT2D eigenvalue weighted by Crippen LogP contribution is 2.07. The monoisotopic (exact) mass is 176 g/mol. The van der Waals surface area contributed by atoms with Crippen molar-refractivity contribution in [2.24, 2.45) is 5.16 Å². The largest absolute Gasteiger partial charge is 0.391 e. The van der Waals surface area contributed by atoms with Gasteiger partial charge in [-0.3, -0.25) is 0 Å². The molecular formula is C11H14NO. The van der Waals surface area contributed by atoms with Crippen LogP contribution >= 0.6 is 0 Å². The summed E-state index contributed by atoms with van der Waals surface area (Å²) in [5.74, 6) is 0. The van der Waals surface area contributed by atoms with Gasteiger partial charge >= 0.3 is 0 Å². The molecule has 0 heterocycles. The van der Waals surface area contributed by atoms with Crippen LogP contribution in [-0.2, 0) is 11.4 Å². The number of benzene rings is 1. The molecule has 1 aromatic rings. The summed E-state index contributed by atoms with van der Waals surface area (Å²) in [4.78, 5) is 5.05. The van der Waals surface area contributed by atoms with Gasteiger partial charge in [-0.05, 0) is 24.5 Å². The van der Waals surface area contributed by atoms with Gasteiger partial charge < -0.3 is 4.84 Å². The van der Waals surface area contributed by atoms with Gasteiger partial charge in [-0.2, -0.15) is 0 Å². The van der Waals surface area contributed by atoms with Crippen molar-refractivity contribution < 1.29 is 4.84 Å². The third-order valence-electron chi connectivity index (χ3n) is 1.77. The third-order valence-corrected chi connectivity index (χ3v) is 1.77. The standard InChI is InChI=1S/C11H14NO/c1-3-8-12-13-9-11-7-5-4-6-10(11)2/h4-7H,3,9H2,1-2H3. The van der Waals surface area contributed by atoms with E-state index in [-0.39, 0.29) is 0 Å². The van der Waals surface area contributed by atoms with Crippen LogP contribution in [0.1, 0.15) is 24.5 Å². The second-order valence-corrected chi connectivity index (χ2v) is 2.80. The van der Waals surface area contributed by atoms with E-state index in [2.05, 4.69) is 24.4 Å². The van der Waals surface area contributed by atoms with E-state index in [1.165, 1.54) is 11.1 Å². The average Bonchev–Trinajstić information content (AvgIpc) is 2.15. The van der Waals surface area contributed by atoms with Gasteiger partial charge in [-0.15, -0.1) is 0 Å². The van der Waals surface area contributed by atoms with Crippen LogP contribution in [0.15, 0.2) is 29.4 Å². The third kappa shape index (κ3) is 3.28. The maximum Gasteiger partial charge on any atom is 0.142 e. The molecule has 69 valence electrons. The van der Waals surface area contributed by atoms with Gasteiger partial charge in [-0.1, -0.05) is 36.3 Å². The molecule has 0 fully saturated rings. The minimum Gasteiger partial charge on any atom is -0.391 e. The first-order valence-corrected chi connectivity index (χ1v) is 4.44. The van der Waals surface area contributed by atoms with Crippen LogP contribution in [-0.4, -0.2) is 6.21 Å². The quantitative estimate of drug-likeness (QED) is 0.510. The predicted molar refractivity (Wildman–Crippen MR) is 53.7 cm³/mol. The van der Waals surface area contributed by atoms with Gasteiger partial charge in [0, 0.05) is 0 Å². The Kier molecular flexibility index (Phi) is 4.03. The first kappa shape index (κ1) is 9.78. The van der Waals surface area contributed by atoms with Gasteiger partial charge in [0.1, 0.15) is 12.8 Å². The molecule has 1 radical (unpaired) electrons. The molecule has 2 nitrogen and oxygen atoms in total. The smallest absolute Gasteiger partial charge is 0.142 e. The second kappa shape index (κ2) is 5.36. The van der Waals surface area contributed by atoms with Crippen molar-refractivity contribution in [3.63, 3.8) is 0 Å². The first-order valence-electron chi connectivity index (χ1n) is 4.44. The maximum absolute atomic E-state index is 5.05. The highest BCUT2D eigenvalue weighted by Gasteiger charge is 1.95. The van der Waals surface area contributed by atoms with E-state index in [1.54, 1.807) is 0 Å². The highest BCUT2D eigenvalue weighted by molar-refractivity contribution is 5.55. The van der Waals surface area contributed by atoms with Crippen molar-refractivity contribution in [3.05, 3.63) is 35.4 Å². The van der Waals surface area contributed by atoms with Crippen molar-refractivity contribution in [1.82, 2.24) is 0 Å². The molecule has 0 aliphatic carbocycles. The first-order chi connectivity index (χ1) is 6.34. The molecular weight excluding hydrogens is 162 g/mol. The lowest BCUT2D eigenvalue weighted by Crippen LogP contribution is -1.90. The fourth-order valence-corrected chi connectivity index (χ4v) is 0.984. The van der Waals surface area contributed by atoms with Gasteiger partial charge in [0.25, 0.3) is 0 Å². The Morgan fingerprint density at radius 2 is 2.15 bits per heavy atom. The Bertz CT molecular complexity index is 281. The van der Waals surface area contributed by atoms with E-state index < -0.39 is 0 Å². The molecule has 0 spiro atoms. The van der Waals surface area contributed by atoms with E-state index in [9.17, 15) is 0 Å². The Hall–Kier alpha value is -1.31. The van der Waals surface area contributed by atoms with E-state index >= 15 is 0 Å². The van der Waals surface area contributed by atoms with Crippen molar-refractivity contribution in [2.45, 2.75) is 26.9 Å². The Morgan fingerprint density at radius 1 is 1.38 bits per heavy atom. The number of hydrogen-bond donors (Lipinski definition) is 0. The molecule has 0 amide bonds. The zero-order valence-electron chi connectivity index (χ0n) is 8.08. The highest BCUT2D eigenvalue weighted by atomic mass is 16.6. The molecule has 1 rings (SSSR count). The van der Waals surface area contributed by atoms with Gasteiger partial charge in [0.15, 0.2) is 0 Å². The summed E-state index contributed by atoms with van der Waals surface area (Å²) in [6.07, 6.45) is 3.53. The molecule has 0 aliphatic heterocycles. The molecule has 0 atom stereocenters. The van der Waals surface area contributed by atoms with E-state index in [1.807, 2.05) is 25.1 Å². The number of hydrogen-bond acceptors (Lipinski definition) is 2. The average molecular weight is 176 g/mol. The van der Waals surface area contributed by atoms with Crippen LogP contribution in [0.3, 0.4) is 0 Å². The lowest BCUT2D eigenvalue weighted by atomic mass is 10.1. The SMILES string of the molecule is CC/[C]=N\OCc1ccccc1C. The summed E-state index contributed by atoms with van der Waals surface area (Å²) in [7, 11) is 0. The molecule has 0 aliphatic rings. The van der Waals surface area contributed by atoms with E-state index in [0.29, 0.717) is 6.61 Å². The van der Waals surface area contributed by atoms with Crippen molar-refractivity contribution in [1.29, 1.82) is 0 Å². The lowest BCUT2D eigenvalue weighted by Gasteiger charge is -2.02. The van der Waals surface area contributed by atoms with Crippen LogP contribution < -0.4 is 0 Å². The zero-order valence-corrected chi connectivity index (χ0v) is 8.08. The van der Waals surface area contributed by atoms with Gasteiger partial charge in [-0.25, -0.2) is 0 Å². The Morgan fingerprint density at radius 3 is 2.85 bits per heavy atom. The van der Waals surface area contributed by atoms with Crippen LogP contribution in [0, 0.1) is 6.92 Å². The lowest BCUT2D eigenvalue weighted by molar-refractivity contribution is 0.131. The van der Waals surface area contributed by atoms with Crippen LogP contribution in [0.4, 0.5) is 0 Å². The molecule has 0 N–H and O–H groups in total. The summed E-state index contributed by atoms with van der Waals surface area (Å²) in [5.41, 5.74) is 2.40. The topological polar surface area (TPSA) is 21.6 Å². The molecule has 0 saturated heterocycles. The Balaban J connectivity index is 2.45. The summed E-state index contributed by atoms with van der Waals surface area (Å²) < 4.78 is 0. The molecule has 0 bridgehead atoms. The number of rotatable bonds is 4. The predicted octanol–water partition coefficient (Wildman–Crippen LogP) is 2.78. The normalized spacial score (nSPS) is 10.6. The van der Waals surface area contributed by atoms with E-state index in [4.69, 9.17) is 4.84 Å². The second-order valence-electron chi connectivity index (χ2n) is 2.80. The summed E-state index contributed by atoms with van der Waals surface area (Å²) in [5, 5.41) is 3.68. The van der Waals surface area contributed by atoms with Crippen molar-refractivity contribution >= 4 is 6.21 Å². The molecule has 2 heteroatoms. The molecule has 1 aromatic carbocycles. The summed E-state index contributed by atoms with van der Waals surface area (Å²) in [6.45, 7) is 4.56. The Labute approximate surface area is 79.2 Å². The van der Waals surface area contributed by atoms with Crippen LogP contribution in [0.2, 0.25) is 0 Å². The molecule has 0 aromatic heterocycles. The fourth-order valence-electron chi connectivity index (χ4n) is 0.984. The number of aryl methyl sites for hydroxylation is 1. The minimum absolute atomic E-state index is 0.527. The maximum atomic E-state index is 5.05. The van der Waals surface area contributed by atoms with E-state index in [0.717, 1.165) is 6.42 Å². The molecule has 0 unspecified atom stereocenters. The minimum atomic E-state index is 0.527. The van der Waals surface area contributed by atoms with Gasteiger partial charge in [0.2, 0.25) is 0 Å².